The Morgan fingerprint density at radius 3 is 1.09 bits per heavy atom. The second-order valence-electron chi connectivity index (χ2n) is 21.3. The van der Waals surface area contributed by atoms with Gasteiger partial charge < -0.3 is 27.9 Å². The Kier molecular flexibility index (Phi) is 55.0. The molecule has 0 heterocycles. The molecule has 0 amide bonds. The van der Waals surface area contributed by atoms with Crippen molar-refractivity contribution in [3.63, 3.8) is 0 Å². The van der Waals surface area contributed by atoms with Crippen molar-refractivity contribution in [2.75, 3.05) is 47.5 Å². The van der Waals surface area contributed by atoms with Gasteiger partial charge in [0.25, 0.3) is 7.82 Å². The lowest BCUT2D eigenvalue weighted by atomic mass is 10.1. The zero-order valence-corrected chi connectivity index (χ0v) is 51.2. The molecule has 0 aliphatic rings. The number of carbonyl (C=O) groups excluding carboxylic acids is 2. The lowest BCUT2D eigenvalue weighted by molar-refractivity contribution is -0.870. The predicted octanol–water partition coefficient (Wildman–Crippen LogP) is 19.1. The third-order valence-electron chi connectivity index (χ3n) is 12.7. The number of ether oxygens (including phenoxy) is 2. The number of allylic oxidation sites excluding steroid dienone is 22. The van der Waals surface area contributed by atoms with Crippen LogP contribution in [0.4, 0.5) is 0 Å². The zero-order chi connectivity index (χ0) is 57.0. The second kappa shape index (κ2) is 57.8. The standard InChI is InChI=1S/C68H114NO8P/c1-6-8-10-12-14-16-18-20-22-24-26-28-29-30-31-32-33-34-35-36-37-38-39-41-43-45-47-49-51-53-55-57-59-61-68(71)77-66(65-76-78(72,73)75-63-62-69(3,4)5)64-74-67(70)60-58-56-54-52-50-48-46-44-42-40-27-25-23-21-19-17-15-13-11-9-7-2/h8,10,14,16,19-22,25-28,30-31,33-34,36-37,39,41-42,44,66H,6-7,9,11-13,15,17-18,23-24,29,32,35,38,40,43,45-65H2,1-5H3/b10-8-,16-14-,21-19-,22-20-,27-25-,28-26-,31-30-,34-33-,37-36-,41-39-,44-42-. The molecule has 78 heavy (non-hydrogen) atoms. The van der Waals surface area contributed by atoms with Crippen LogP contribution >= 0.6 is 7.82 Å². The molecule has 0 saturated heterocycles. The van der Waals surface area contributed by atoms with Crippen LogP contribution in [0.3, 0.4) is 0 Å². The summed E-state index contributed by atoms with van der Waals surface area (Å²) in [6.07, 6.45) is 83.5. The average molecular weight is 1100 g/mol. The number of esters is 2. The molecule has 10 heteroatoms. The van der Waals surface area contributed by atoms with E-state index in [1.807, 2.05) is 21.1 Å². The molecule has 2 atom stereocenters. The van der Waals surface area contributed by atoms with Crippen LogP contribution in [0, 0.1) is 0 Å². The van der Waals surface area contributed by atoms with Gasteiger partial charge in [0, 0.05) is 12.8 Å². The van der Waals surface area contributed by atoms with Crippen molar-refractivity contribution in [2.24, 2.45) is 0 Å². The number of quaternary nitrogens is 1. The lowest BCUT2D eigenvalue weighted by Crippen LogP contribution is -2.37. The average Bonchev–Trinajstić information content (AvgIpc) is 3.41. The molecule has 444 valence electrons. The smallest absolute Gasteiger partial charge is 0.306 e. The number of phosphoric ester groups is 1. The molecule has 9 nitrogen and oxygen atoms in total. The highest BCUT2D eigenvalue weighted by atomic mass is 31.2. The van der Waals surface area contributed by atoms with Gasteiger partial charge in [-0.15, -0.1) is 0 Å². The summed E-state index contributed by atoms with van der Waals surface area (Å²) in [4.78, 5) is 37.9. The Labute approximate surface area is 479 Å². The van der Waals surface area contributed by atoms with Gasteiger partial charge in [-0.05, 0) is 116 Å². The van der Waals surface area contributed by atoms with Crippen LogP contribution in [-0.2, 0) is 32.7 Å². The minimum Gasteiger partial charge on any atom is -0.756 e. The van der Waals surface area contributed by atoms with Gasteiger partial charge in [-0.3, -0.25) is 14.2 Å². The normalized spacial score (nSPS) is 14.2. The summed E-state index contributed by atoms with van der Waals surface area (Å²) in [6.45, 7) is 4.08. The molecule has 0 aromatic carbocycles. The molecule has 0 aromatic rings. The van der Waals surface area contributed by atoms with Crippen molar-refractivity contribution < 1.29 is 42.1 Å². The van der Waals surface area contributed by atoms with Gasteiger partial charge in [-0.25, -0.2) is 0 Å². The summed E-state index contributed by atoms with van der Waals surface area (Å²) in [5.74, 6) is -0.865. The number of unbranched alkanes of at least 4 members (excludes halogenated alkanes) is 19. The van der Waals surface area contributed by atoms with E-state index < -0.39 is 32.5 Å². The minimum absolute atomic E-state index is 0.0422. The van der Waals surface area contributed by atoms with E-state index >= 15 is 0 Å². The molecule has 0 aliphatic carbocycles. The van der Waals surface area contributed by atoms with Gasteiger partial charge in [0.15, 0.2) is 6.10 Å². The SMILES string of the molecule is CC/C=C\C/C=C\C/C=C\C/C=C\C/C=C\C/C=C\C/C=C\C/C=C\CCCCCCCCCCC(=O)OC(COC(=O)CCCCCCCC/C=C\C/C=C\C/C=C\CCCCCCC)COP(=O)([O-])OCC[N+](C)(C)C. The van der Waals surface area contributed by atoms with E-state index in [0.717, 1.165) is 128 Å². The summed E-state index contributed by atoms with van der Waals surface area (Å²) < 4.78 is 34.2. The first-order chi connectivity index (χ1) is 38.0. The molecule has 0 bridgehead atoms. The maximum absolute atomic E-state index is 12.8. The van der Waals surface area contributed by atoms with Gasteiger partial charge >= 0.3 is 11.9 Å². The molecular formula is C68H114NO8P. The minimum atomic E-state index is -4.65. The van der Waals surface area contributed by atoms with E-state index in [2.05, 4.69) is 148 Å². The first kappa shape index (κ1) is 74.2. The molecular weight excluding hydrogens is 990 g/mol. The number of hydrogen-bond acceptors (Lipinski definition) is 8. The van der Waals surface area contributed by atoms with Gasteiger partial charge in [0.2, 0.25) is 0 Å². The molecule has 0 spiro atoms. The van der Waals surface area contributed by atoms with Crippen molar-refractivity contribution in [3.8, 4) is 0 Å². The van der Waals surface area contributed by atoms with Gasteiger partial charge in [0.1, 0.15) is 19.8 Å². The first-order valence-electron chi connectivity index (χ1n) is 30.9. The summed E-state index contributed by atoms with van der Waals surface area (Å²) in [5.41, 5.74) is 0. The highest BCUT2D eigenvalue weighted by Gasteiger charge is 2.22. The van der Waals surface area contributed by atoms with Crippen LogP contribution < -0.4 is 4.89 Å². The van der Waals surface area contributed by atoms with Crippen LogP contribution in [0.25, 0.3) is 0 Å². The third-order valence-corrected chi connectivity index (χ3v) is 13.6. The van der Waals surface area contributed by atoms with Crippen molar-refractivity contribution in [1.82, 2.24) is 0 Å². The number of rotatable bonds is 55. The van der Waals surface area contributed by atoms with Crippen LogP contribution in [-0.4, -0.2) is 70.0 Å². The predicted molar refractivity (Wildman–Crippen MR) is 332 cm³/mol. The van der Waals surface area contributed by atoms with Crippen molar-refractivity contribution in [3.05, 3.63) is 134 Å². The highest BCUT2D eigenvalue weighted by Crippen LogP contribution is 2.38. The topological polar surface area (TPSA) is 111 Å². The Balaban J connectivity index is 4.22. The fourth-order valence-corrected chi connectivity index (χ4v) is 8.64. The van der Waals surface area contributed by atoms with Crippen LogP contribution in [0.15, 0.2) is 134 Å². The van der Waals surface area contributed by atoms with E-state index in [1.54, 1.807) is 0 Å². The van der Waals surface area contributed by atoms with Crippen molar-refractivity contribution in [2.45, 2.75) is 238 Å². The van der Waals surface area contributed by atoms with Gasteiger partial charge in [-0.1, -0.05) is 237 Å². The Morgan fingerprint density at radius 1 is 0.410 bits per heavy atom. The van der Waals surface area contributed by atoms with E-state index in [1.165, 1.54) is 64.2 Å². The molecule has 0 aromatic heterocycles. The Bertz CT molecular complexity index is 1780. The van der Waals surface area contributed by atoms with E-state index in [-0.39, 0.29) is 26.1 Å². The second-order valence-corrected chi connectivity index (χ2v) is 22.7. The van der Waals surface area contributed by atoms with Crippen LogP contribution in [0.2, 0.25) is 0 Å². The summed E-state index contributed by atoms with van der Waals surface area (Å²) >= 11 is 0. The van der Waals surface area contributed by atoms with Crippen molar-refractivity contribution >= 4 is 19.8 Å². The monoisotopic (exact) mass is 1100 g/mol. The van der Waals surface area contributed by atoms with E-state index in [4.69, 9.17) is 18.5 Å². The molecule has 0 aliphatic heterocycles. The number of carbonyl (C=O) groups is 2. The van der Waals surface area contributed by atoms with E-state index in [0.29, 0.717) is 23.9 Å². The molecule has 0 radical (unpaired) electrons. The maximum atomic E-state index is 12.8. The lowest BCUT2D eigenvalue weighted by Gasteiger charge is -2.28. The molecule has 0 saturated carbocycles. The Hall–Kier alpha value is -3.85. The van der Waals surface area contributed by atoms with Gasteiger partial charge in [-0.2, -0.15) is 0 Å². The summed E-state index contributed by atoms with van der Waals surface area (Å²) in [6, 6.07) is 0. The van der Waals surface area contributed by atoms with Gasteiger partial charge in [0.05, 0.1) is 27.7 Å². The van der Waals surface area contributed by atoms with E-state index in [9.17, 15) is 19.0 Å². The molecule has 0 rings (SSSR count). The van der Waals surface area contributed by atoms with Crippen molar-refractivity contribution in [1.29, 1.82) is 0 Å². The molecule has 2 unspecified atom stereocenters. The molecule has 0 fully saturated rings. The highest BCUT2D eigenvalue weighted by molar-refractivity contribution is 7.45. The fraction of sp³-hybridized carbons (Fsp3) is 0.647. The largest absolute Gasteiger partial charge is 0.756 e. The first-order valence-corrected chi connectivity index (χ1v) is 32.4. The maximum Gasteiger partial charge on any atom is 0.306 e. The number of phosphoric acid groups is 1. The quantitative estimate of drug-likeness (QED) is 0.0195. The Morgan fingerprint density at radius 2 is 0.731 bits per heavy atom. The summed E-state index contributed by atoms with van der Waals surface area (Å²) in [7, 11) is 1.13. The number of nitrogens with zero attached hydrogens (tertiary/aromatic N) is 1. The summed E-state index contributed by atoms with van der Waals surface area (Å²) in [5, 5.41) is 0. The fourth-order valence-electron chi connectivity index (χ4n) is 7.91. The zero-order valence-electron chi connectivity index (χ0n) is 50.3. The third kappa shape index (κ3) is 61.4. The number of likely N-dealkylation sites (N-methyl/N-ethyl adjacent to an activating group) is 1. The van der Waals surface area contributed by atoms with Crippen LogP contribution in [0.1, 0.15) is 232 Å². The number of hydrogen-bond donors (Lipinski definition) is 0. The van der Waals surface area contributed by atoms with Crippen LogP contribution in [0.5, 0.6) is 0 Å². The molecule has 0 N–H and O–H groups in total.